The number of benzene rings is 3. The molecule has 5 aromatic rings. The highest BCUT2D eigenvalue weighted by molar-refractivity contribution is 6.03. The Morgan fingerprint density at radius 2 is 1.82 bits per heavy atom. The topological polar surface area (TPSA) is 95.8 Å². The van der Waals surface area contributed by atoms with Crippen LogP contribution in [-0.4, -0.2) is 20.2 Å². The summed E-state index contributed by atoms with van der Waals surface area (Å²) in [5.74, 6) is -0.446. The molecular weight excluding hydrogens is 508 g/mol. The first-order chi connectivity index (χ1) is 19.4. The van der Waals surface area contributed by atoms with Gasteiger partial charge in [0.2, 0.25) is 0 Å². The Morgan fingerprint density at radius 1 is 1.00 bits per heavy atom. The Kier molecular flexibility index (Phi) is 7.65. The van der Waals surface area contributed by atoms with E-state index in [4.69, 9.17) is 11.1 Å². The molecule has 0 aliphatic heterocycles. The number of aryl methyl sites for hydroxylation is 1. The number of nitrogens with two attached hydrogens (primary N) is 1. The first-order valence-electron chi connectivity index (χ1n) is 12.7. The Morgan fingerprint density at radius 3 is 2.50 bits per heavy atom. The summed E-state index contributed by atoms with van der Waals surface area (Å²) < 4.78 is 33.7. The van der Waals surface area contributed by atoms with Gasteiger partial charge in [0.15, 0.2) is 5.82 Å². The number of imidazole rings is 1. The Labute approximate surface area is 231 Å². The van der Waals surface area contributed by atoms with Gasteiger partial charge in [-0.1, -0.05) is 24.3 Å². The average molecular weight is 538 g/mol. The number of anilines is 4. The summed E-state index contributed by atoms with van der Waals surface area (Å²) in [5.41, 5.74) is 9.46. The quantitative estimate of drug-likeness (QED) is 0.182. The Bertz CT molecular complexity index is 1660. The highest BCUT2D eigenvalue weighted by Crippen LogP contribution is 2.36. The molecule has 0 radical (unpaired) electrons. The van der Waals surface area contributed by atoms with Crippen molar-refractivity contribution in [1.29, 1.82) is 5.41 Å². The third kappa shape index (κ3) is 5.45. The zero-order valence-electron chi connectivity index (χ0n) is 22.2. The molecule has 202 valence electrons. The average Bonchev–Trinajstić information content (AvgIpc) is 3.37. The number of rotatable bonds is 9. The van der Waals surface area contributed by atoms with Crippen LogP contribution in [0.15, 0.2) is 91.5 Å². The zero-order chi connectivity index (χ0) is 28.2. The predicted octanol–water partition coefficient (Wildman–Crippen LogP) is 6.69. The van der Waals surface area contributed by atoms with Gasteiger partial charge in [-0.05, 0) is 55.0 Å². The summed E-state index contributed by atoms with van der Waals surface area (Å²) in [6, 6.07) is 18.9. The molecule has 0 atom stereocenters. The first kappa shape index (κ1) is 26.7. The highest BCUT2D eigenvalue weighted by Gasteiger charge is 2.21. The standard InChI is InChI=1S/C31H29F2N7/c1-20(35)25-10-11-27(30(33)31(25)38-22-6-3-5-21(15-22)17-34)26-9-8-23(16-28(26)32)40(24-7-4-12-36-18-24)19-29-37-13-14-39(29)2/h3-16,18,35,38H,17,19,34H2,1-2H3. The predicted molar refractivity (Wildman–Crippen MR) is 155 cm³/mol. The summed E-state index contributed by atoms with van der Waals surface area (Å²) >= 11 is 0. The minimum absolute atomic E-state index is 0.0866. The molecule has 0 unspecified atom stereocenters. The number of hydrogen-bond donors (Lipinski definition) is 3. The summed E-state index contributed by atoms with van der Waals surface area (Å²) in [7, 11) is 1.90. The smallest absolute Gasteiger partial charge is 0.155 e. The molecule has 5 rings (SSSR count). The van der Waals surface area contributed by atoms with Crippen molar-refractivity contribution in [2.24, 2.45) is 12.8 Å². The third-order valence-electron chi connectivity index (χ3n) is 6.71. The number of aromatic nitrogens is 3. The molecule has 0 amide bonds. The van der Waals surface area contributed by atoms with Crippen molar-refractivity contribution >= 4 is 28.5 Å². The van der Waals surface area contributed by atoms with Crippen LogP contribution in [0, 0.1) is 17.0 Å². The highest BCUT2D eigenvalue weighted by atomic mass is 19.1. The second-order valence-electron chi connectivity index (χ2n) is 9.42. The summed E-state index contributed by atoms with van der Waals surface area (Å²) in [5, 5.41) is 11.3. The fourth-order valence-corrected chi connectivity index (χ4v) is 4.56. The van der Waals surface area contributed by atoms with Gasteiger partial charge in [0, 0.05) is 66.0 Å². The molecule has 0 saturated heterocycles. The molecule has 2 heterocycles. The minimum atomic E-state index is -0.647. The largest absolute Gasteiger partial charge is 0.353 e. The summed E-state index contributed by atoms with van der Waals surface area (Å²) in [4.78, 5) is 10.5. The van der Waals surface area contributed by atoms with Crippen molar-refractivity contribution in [2.75, 3.05) is 10.2 Å². The Balaban J connectivity index is 1.55. The van der Waals surface area contributed by atoms with E-state index in [2.05, 4.69) is 15.3 Å². The molecule has 0 spiro atoms. The van der Waals surface area contributed by atoms with Gasteiger partial charge in [-0.3, -0.25) is 4.98 Å². The van der Waals surface area contributed by atoms with E-state index in [1.54, 1.807) is 49.8 Å². The van der Waals surface area contributed by atoms with Gasteiger partial charge in [-0.2, -0.15) is 0 Å². The second-order valence-corrected chi connectivity index (χ2v) is 9.42. The van der Waals surface area contributed by atoms with Gasteiger partial charge in [0.1, 0.15) is 11.6 Å². The normalized spacial score (nSPS) is 10.9. The van der Waals surface area contributed by atoms with Crippen LogP contribution in [0.1, 0.15) is 23.9 Å². The molecule has 0 saturated carbocycles. The monoisotopic (exact) mass is 537 g/mol. The van der Waals surface area contributed by atoms with E-state index in [0.717, 1.165) is 17.1 Å². The van der Waals surface area contributed by atoms with E-state index in [9.17, 15) is 0 Å². The number of nitrogens with one attached hydrogen (secondary N) is 2. The third-order valence-corrected chi connectivity index (χ3v) is 6.71. The maximum atomic E-state index is 16.1. The molecule has 4 N–H and O–H groups in total. The molecule has 0 aliphatic rings. The van der Waals surface area contributed by atoms with Gasteiger partial charge >= 0.3 is 0 Å². The summed E-state index contributed by atoms with van der Waals surface area (Å²) in [6.45, 7) is 2.30. The van der Waals surface area contributed by atoms with E-state index >= 15 is 8.78 Å². The molecule has 0 fully saturated rings. The van der Waals surface area contributed by atoms with E-state index in [-0.39, 0.29) is 22.5 Å². The maximum absolute atomic E-state index is 16.1. The van der Waals surface area contributed by atoms with Crippen LogP contribution in [0.5, 0.6) is 0 Å². The number of nitrogens with zero attached hydrogens (tertiary/aromatic N) is 4. The van der Waals surface area contributed by atoms with E-state index in [0.29, 0.717) is 30.0 Å². The second kappa shape index (κ2) is 11.5. The van der Waals surface area contributed by atoms with E-state index in [1.807, 2.05) is 53.0 Å². The minimum Gasteiger partial charge on any atom is -0.353 e. The molecule has 3 aromatic carbocycles. The fourth-order valence-electron chi connectivity index (χ4n) is 4.56. The van der Waals surface area contributed by atoms with Crippen LogP contribution in [0.2, 0.25) is 0 Å². The summed E-state index contributed by atoms with van der Waals surface area (Å²) in [6.07, 6.45) is 6.93. The van der Waals surface area contributed by atoms with E-state index in [1.165, 1.54) is 12.1 Å². The van der Waals surface area contributed by atoms with Gasteiger partial charge in [0.25, 0.3) is 0 Å². The lowest BCUT2D eigenvalue weighted by Gasteiger charge is -2.25. The number of pyridine rings is 1. The van der Waals surface area contributed by atoms with Crippen molar-refractivity contribution in [1.82, 2.24) is 14.5 Å². The van der Waals surface area contributed by atoms with Crippen LogP contribution >= 0.6 is 0 Å². The van der Waals surface area contributed by atoms with Crippen LogP contribution in [-0.2, 0) is 20.1 Å². The first-order valence-corrected chi connectivity index (χ1v) is 12.7. The van der Waals surface area contributed by atoms with E-state index < -0.39 is 11.6 Å². The van der Waals surface area contributed by atoms with Gasteiger partial charge in [-0.15, -0.1) is 0 Å². The molecule has 9 heteroatoms. The lowest BCUT2D eigenvalue weighted by Crippen LogP contribution is -2.19. The molecule has 40 heavy (non-hydrogen) atoms. The van der Waals surface area contributed by atoms with Crippen molar-refractivity contribution in [3.05, 3.63) is 120 Å². The zero-order valence-corrected chi connectivity index (χ0v) is 22.2. The van der Waals surface area contributed by atoms with Crippen molar-refractivity contribution < 1.29 is 8.78 Å². The van der Waals surface area contributed by atoms with Crippen molar-refractivity contribution in [3.8, 4) is 11.1 Å². The number of hydrogen-bond acceptors (Lipinski definition) is 6. The Hall–Kier alpha value is -4.89. The van der Waals surface area contributed by atoms with Crippen molar-refractivity contribution in [2.45, 2.75) is 20.0 Å². The lowest BCUT2D eigenvalue weighted by molar-refractivity contribution is 0.618. The van der Waals surface area contributed by atoms with Gasteiger partial charge in [0.05, 0.1) is 24.1 Å². The molecule has 7 nitrogen and oxygen atoms in total. The van der Waals surface area contributed by atoms with Crippen LogP contribution in [0.4, 0.5) is 31.5 Å². The molecule has 0 aliphatic carbocycles. The van der Waals surface area contributed by atoms with Crippen LogP contribution < -0.4 is 16.0 Å². The van der Waals surface area contributed by atoms with Crippen LogP contribution in [0.25, 0.3) is 11.1 Å². The van der Waals surface area contributed by atoms with Gasteiger partial charge in [-0.25, -0.2) is 13.8 Å². The lowest BCUT2D eigenvalue weighted by atomic mass is 9.98. The van der Waals surface area contributed by atoms with Crippen LogP contribution in [0.3, 0.4) is 0 Å². The molecular formula is C31H29F2N7. The number of halogens is 2. The molecule has 2 aromatic heterocycles. The fraction of sp³-hybridized carbons (Fsp3) is 0.129. The maximum Gasteiger partial charge on any atom is 0.155 e. The molecule has 0 bridgehead atoms. The SMILES string of the molecule is CC(=N)c1ccc(-c2ccc(N(Cc3nccn3C)c3cccnc3)cc2F)c(F)c1Nc1cccc(CN)c1. The van der Waals surface area contributed by atoms with Crippen molar-refractivity contribution in [3.63, 3.8) is 0 Å². The van der Waals surface area contributed by atoms with Gasteiger partial charge < -0.3 is 25.9 Å².